The molecule has 0 spiro atoms. The SMILES string of the molecule is CCN1C(=O)c2cccc3c(S(=O)(=O)NCCO)ccc1c23. The summed E-state index contributed by atoms with van der Waals surface area (Å²) >= 11 is 0. The zero-order chi connectivity index (χ0) is 15.9. The van der Waals surface area contributed by atoms with E-state index in [9.17, 15) is 13.2 Å². The van der Waals surface area contributed by atoms with E-state index < -0.39 is 10.0 Å². The Balaban J connectivity index is 2.26. The quantitative estimate of drug-likeness (QED) is 0.863. The molecule has 0 bridgehead atoms. The van der Waals surface area contributed by atoms with Crippen molar-refractivity contribution < 1.29 is 18.3 Å². The third-order valence-electron chi connectivity index (χ3n) is 3.75. The number of nitrogens with zero attached hydrogens (tertiary/aromatic N) is 1. The van der Waals surface area contributed by atoms with Gasteiger partial charge in [-0.05, 0) is 25.1 Å². The summed E-state index contributed by atoms with van der Waals surface area (Å²) in [5.74, 6) is -0.110. The summed E-state index contributed by atoms with van der Waals surface area (Å²) in [5, 5.41) is 10.00. The molecule has 1 heterocycles. The van der Waals surface area contributed by atoms with Crippen molar-refractivity contribution in [1.29, 1.82) is 0 Å². The van der Waals surface area contributed by atoms with Gasteiger partial charge in [0.15, 0.2) is 0 Å². The van der Waals surface area contributed by atoms with Crippen LogP contribution in [0, 0.1) is 0 Å². The lowest BCUT2D eigenvalue weighted by atomic mass is 10.1. The molecular weight excluding hydrogens is 304 g/mol. The molecule has 3 rings (SSSR count). The number of hydrogen-bond donors (Lipinski definition) is 2. The van der Waals surface area contributed by atoms with Gasteiger partial charge in [0.1, 0.15) is 0 Å². The summed E-state index contributed by atoms with van der Waals surface area (Å²) in [7, 11) is -3.74. The van der Waals surface area contributed by atoms with Gasteiger partial charge in [0, 0.05) is 29.4 Å². The van der Waals surface area contributed by atoms with E-state index in [0.29, 0.717) is 22.9 Å². The number of carbonyl (C=O) groups is 1. The van der Waals surface area contributed by atoms with Crippen molar-refractivity contribution in [3.8, 4) is 0 Å². The zero-order valence-electron chi connectivity index (χ0n) is 12.0. The standard InChI is InChI=1S/C15H16N2O4S/c1-2-17-12-6-7-13(22(20,21)16-8-9-18)10-4-3-5-11(14(10)12)15(17)19/h3-7,16,18H,2,8-9H2,1H3. The summed E-state index contributed by atoms with van der Waals surface area (Å²) in [4.78, 5) is 14.1. The second-order valence-electron chi connectivity index (χ2n) is 4.98. The Morgan fingerprint density at radius 3 is 2.68 bits per heavy atom. The monoisotopic (exact) mass is 320 g/mol. The fourth-order valence-corrected chi connectivity index (χ4v) is 4.05. The number of carbonyl (C=O) groups excluding carboxylic acids is 1. The number of nitrogens with one attached hydrogen (secondary N) is 1. The van der Waals surface area contributed by atoms with Crippen LogP contribution in [0.4, 0.5) is 5.69 Å². The first kappa shape index (κ1) is 15.0. The van der Waals surface area contributed by atoms with Crippen LogP contribution < -0.4 is 9.62 Å². The van der Waals surface area contributed by atoms with Gasteiger partial charge in [0.05, 0.1) is 17.2 Å². The summed E-state index contributed by atoms with van der Waals surface area (Å²) < 4.78 is 27.1. The molecule has 1 amide bonds. The van der Waals surface area contributed by atoms with E-state index >= 15 is 0 Å². The van der Waals surface area contributed by atoms with E-state index in [1.54, 1.807) is 29.2 Å². The minimum Gasteiger partial charge on any atom is -0.395 e. The maximum atomic E-state index is 12.4. The Bertz CT molecular complexity index is 861. The van der Waals surface area contributed by atoms with Gasteiger partial charge in [-0.1, -0.05) is 12.1 Å². The lowest BCUT2D eigenvalue weighted by Gasteiger charge is -2.15. The lowest BCUT2D eigenvalue weighted by molar-refractivity contribution is 0.0994. The molecule has 0 radical (unpaired) electrons. The van der Waals surface area contributed by atoms with Gasteiger partial charge < -0.3 is 10.0 Å². The van der Waals surface area contributed by atoms with Crippen LogP contribution in [0.2, 0.25) is 0 Å². The molecule has 2 N–H and O–H groups in total. The number of aliphatic hydroxyl groups is 1. The molecule has 2 aromatic carbocycles. The number of amides is 1. The molecule has 0 saturated heterocycles. The molecule has 0 atom stereocenters. The first-order valence-corrected chi connectivity index (χ1v) is 8.47. The Labute approximate surface area is 128 Å². The second kappa shape index (κ2) is 5.35. The highest BCUT2D eigenvalue weighted by Crippen LogP contribution is 2.39. The van der Waals surface area contributed by atoms with E-state index in [1.165, 1.54) is 6.07 Å². The van der Waals surface area contributed by atoms with Crippen LogP contribution in [0.25, 0.3) is 10.8 Å². The largest absolute Gasteiger partial charge is 0.395 e. The van der Waals surface area contributed by atoms with Crippen LogP contribution >= 0.6 is 0 Å². The fourth-order valence-electron chi connectivity index (χ4n) is 2.83. The summed E-state index contributed by atoms with van der Waals surface area (Å²) in [6.45, 7) is 2.08. The molecule has 1 aliphatic rings. The summed E-state index contributed by atoms with van der Waals surface area (Å²) in [6.07, 6.45) is 0. The van der Waals surface area contributed by atoms with Crippen molar-refractivity contribution in [1.82, 2.24) is 4.72 Å². The van der Waals surface area contributed by atoms with Crippen molar-refractivity contribution in [2.45, 2.75) is 11.8 Å². The van der Waals surface area contributed by atoms with Crippen LogP contribution in [-0.4, -0.2) is 39.1 Å². The van der Waals surface area contributed by atoms with Crippen LogP contribution in [0.1, 0.15) is 17.3 Å². The molecule has 0 unspecified atom stereocenters. The highest BCUT2D eigenvalue weighted by atomic mass is 32.2. The Kier molecular flexibility index (Phi) is 3.64. The number of aliphatic hydroxyl groups excluding tert-OH is 1. The second-order valence-corrected chi connectivity index (χ2v) is 6.72. The minimum atomic E-state index is -3.74. The van der Waals surface area contributed by atoms with E-state index in [4.69, 9.17) is 5.11 Å². The van der Waals surface area contributed by atoms with Gasteiger partial charge in [-0.3, -0.25) is 4.79 Å². The van der Waals surface area contributed by atoms with Crippen molar-refractivity contribution in [3.63, 3.8) is 0 Å². The fraction of sp³-hybridized carbons (Fsp3) is 0.267. The summed E-state index contributed by atoms with van der Waals surface area (Å²) in [5.41, 5.74) is 1.26. The van der Waals surface area contributed by atoms with Crippen molar-refractivity contribution in [2.24, 2.45) is 0 Å². The molecule has 0 aliphatic carbocycles. The molecule has 6 nitrogen and oxygen atoms in total. The maximum Gasteiger partial charge on any atom is 0.258 e. The van der Waals surface area contributed by atoms with Crippen LogP contribution in [0.3, 0.4) is 0 Å². The van der Waals surface area contributed by atoms with Gasteiger partial charge in [-0.2, -0.15) is 0 Å². The third kappa shape index (κ3) is 2.09. The molecular formula is C15H16N2O4S. The molecule has 1 aliphatic heterocycles. The molecule has 0 fully saturated rings. The Morgan fingerprint density at radius 2 is 2.00 bits per heavy atom. The normalized spacial score (nSPS) is 14.1. The molecule has 0 aromatic heterocycles. The maximum absolute atomic E-state index is 12.4. The predicted molar refractivity (Wildman–Crippen MR) is 83.6 cm³/mol. The van der Waals surface area contributed by atoms with Crippen molar-refractivity contribution in [2.75, 3.05) is 24.6 Å². The minimum absolute atomic E-state index is 0.0503. The average molecular weight is 320 g/mol. The predicted octanol–water partition coefficient (Wildman–Crippen LogP) is 1.09. The van der Waals surface area contributed by atoms with Crippen LogP contribution in [0.5, 0.6) is 0 Å². The molecule has 0 saturated carbocycles. The van der Waals surface area contributed by atoms with Gasteiger partial charge in [0.2, 0.25) is 10.0 Å². The van der Waals surface area contributed by atoms with Gasteiger partial charge in [-0.15, -0.1) is 0 Å². The van der Waals surface area contributed by atoms with Gasteiger partial charge >= 0.3 is 0 Å². The smallest absolute Gasteiger partial charge is 0.258 e. The van der Waals surface area contributed by atoms with Crippen molar-refractivity contribution in [3.05, 3.63) is 35.9 Å². The topological polar surface area (TPSA) is 86.7 Å². The van der Waals surface area contributed by atoms with E-state index in [2.05, 4.69) is 4.72 Å². The zero-order valence-corrected chi connectivity index (χ0v) is 12.9. The molecule has 116 valence electrons. The number of sulfonamides is 1. The van der Waals surface area contributed by atoms with Gasteiger partial charge in [-0.25, -0.2) is 13.1 Å². The number of anilines is 1. The Hall–Kier alpha value is -1.96. The van der Waals surface area contributed by atoms with Crippen LogP contribution in [-0.2, 0) is 10.0 Å². The van der Waals surface area contributed by atoms with Crippen molar-refractivity contribution >= 4 is 32.4 Å². The number of rotatable bonds is 5. The first-order valence-electron chi connectivity index (χ1n) is 6.99. The number of hydrogen-bond acceptors (Lipinski definition) is 4. The van der Waals surface area contributed by atoms with Gasteiger partial charge in [0.25, 0.3) is 5.91 Å². The average Bonchev–Trinajstić information content (AvgIpc) is 2.79. The highest BCUT2D eigenvalue weighted by Gasteiger charge is 2.31. The molecule has 22 heavy (non-hydrogen) atoms. The van der Waals surface area contributed by atoms with E-state index in [1.807, 2.05) is 6.92 Å². The van der Waals surface area contributed by atoms with Crippen LogP contribution in [0.15, 0.2) is 35.2 Å². The number of benzene rings is 2. The van der Waals surface area contributed by atoms with E-state index in [-0.39, 0.29) is 24.0 Å². The lowest BCUT2D eigenvalue weighted by Crippen LogP contribution is -2.27. The Morgan fingerprint density at radius 1 is 1.23 bits per heavy atom. The summed E-state index contributed by atoms with van der Waals surface area (Å²) in [6, 6.07) is 8.25. The van der Waals surface area contributed by atoms with E-state index in [0.717, 1.165) is 5.69 Å². The molecule has 2 aromatic rings. The molecule has 7 heteroatoms. The highest BCUT2D eigenvalue weighted by molar-refractivity contribution is 7.89. The first-order chi connectivity index (χ1) is 10.5. The third-order valence-corrected chi connectivity index (χ3v) is 5.27.